The third-order valence-corrected chi connectivity index (χ3v) is 3.34. The second-order valence-electron chi connectivity index (χ2n) is 4.58. The van der Waals surface area contributed by atoms with E-state index in [-0.39, 0.29) is 11.9 Å². The molecule has 2 heteroatoms. The van der Waals surface area contributed by atoms with Gasteiger partial charge in [-0.1, -0.05) is 43.0 Å². The average Bonchev–Trinajstić information content (AvgIpc) is 2.65. The molecule has 0 spiro atoms. The van der Waals surface area contributed by atoms with E-state index in [2.05, 4.69) is 6.58 Å². The van der Waals surface area contributed by atoms with Crippen molar-refractivity contribution in [2.24, 2.45) is 0 Å². The van der Waals surface area contributed by atoms with Gasteiger partial charge in [0.05, 0.1) is 5.57 Å². The topological polar surface area (TPSA) is 26.3 Å². The van der Waals surface area contributed by atoms with Gasteiger partial charge in [-0.15, -0.1) is 0 Å². The van der Waals surface area contributed by atoms with E-state index < -0.39 is 0 Å². The Morgan fingerprint density at radius 3 is 2.67 bits per heavy atom. The summed E-state index contributed by atoms with van der Waals surface area (Å²) >= 11 is 0. The summed E-state index contributed by atoms with van der Waals surface area (Å²) < 4.78 is 6.00. The monoisotopic (exact) mass is 238 g/mol. The summed E-state index contributed by atoms with van der Waals surface area (Å²) in [7, 11) is 0. The van der Waals surface area contributed by atoms with Crippen molar-refractivity contribution in [1.82, 2.24) is 0 Å². The predicted molar refractivity (Wildman–Crippen MR) is 69.8 cm³/mol. The number of hydrogen-bond acceptors (Lipinski definition) is 2. The highest BCUT2D eigenvalue weighted by Crippen LogP contribution is 2.36. The average molecular weight is 238 g/mol. The van der Waals surface area contributed by atoms with Crippen LogP contribution < -0.4 is 0 Å². The number of benzene rings is 1. The molecule has 1 aliphatic carbocycles. The van der Waals surface area contributed by atoms with Crippen molar-refractivity contribution in [1.29, 1.82) is 0 Å². The van der Waals surface area contributed by atoms with Gasteiger partial charge < -0.3 is 4.74 Å². The summed E-state index contributed by atoms with van der Waals surface area (Å²) in [6.07, 6.45) is 4.82. The number of allylic oxidation sites excluding steroid dienone is 3. The van der Waals surface area contributed by atoms with Crippen molar-refractivity contribution in [3.63, 3.8) is 0 Å². The lowest BCUT2D eigenvalue weighted by Gasteiger charge is -2.19. The first kappa shape index (κ1) is 11.0. The SMILES string of the molecule is C=C1C=CC2=C(CCC2=O)OC1c1ccccc1. The summed E-state index contributed by atoms with van der Waals surface area (Å²) in [6.45, 7) is 4.03. The molecule has 1 aromatic carbocycles. The van der Waals surface area contributed by atoms with Crippen molar-refractivity contribution >= 4 is 5.78 Å². The van der Waals surface area contributed by atoms with Gasteiger partial charge in [0.2, 0.25) is 0 Å². The van der Waals surface area contributed by atoms with E-state index in [1.54, 1.807) is 0 Å². The van der Waals surface area contributed by atoms with Crippen LogP contribution in [0.25, 0.3) is 0 Å². The maximum absolute atomic E-state index is 11.7. The Hall–Kier alpha value is -2.09. The molecule has 3 rings (SSSR count). The largest absolute Gasteiger partial charge is 0.485 e. The zero-order chi connectivity index (χ0) is 12.5. The standard InChI is InChI=1S/C16H14O2/c1-11-7-8-13-14(17)9-10-15(13)18-16(11)12-5-3-2-4-6-12/h2-8,16H,1,9-10H2. The molecule has 0 bridgehead atoms. The van der Waals surface area contributed by atoms with Crippen LogP contribution in [0.4, 0.5) is 0 Å². The summed E-state index contributed by atoms with van der Waals surface area (Å²) in [5.74, 6) is 0.978. The minimum atomic E-state index is -0.180. The molecule has 2 nitrogen and oxygen atoms in total. The zero-order valence-electron chi connectivity index (χ0n) is 10.1. The van der Waals surface area contributed by atoms with Gasteiger partial charge in [-0.05, 0) is 17.2 Å². The highest BCUT2D eigenvalue weighted by atomic mass is 16.5. The molecule has 0 fully saturated rings. The molecule has 0 saturated heterocycles. The first-order valence-corrected chi connectivity index (χ1v) is 6.10. The van der Waals surface area contributed by atoms with E-state index in [4.69, 9.17) is 4.74 Å². The normalized spacial score (nSPS) is 22.8. The van der Waals surface area contributed by atoms with Crippen molar-refractivity contribution in [2.45, 2.75) is 18.9 Å². The summed E-state index contributed by atoms with van der Waals surface area (Å²) in [4.78, 5) is 11.7. The van der Waals surface area contributed by atoms with Crippen LogP contribution in [0.15, 0.2) is 66.0 Å². The van der Waals surface area contributed by atoms with E-state index in [1.807, 2.05) is 42.5 Å². The molecule has 1 heterocycles. The molecule has 1 unspecified atom stereocenters. The molecule has 1 atom stereocenters. The summed E-state index contributed by atoms with van der Waals surface area (Å²) in [5.41, 5.74) is 2.67. The number of ether oxygens (including phenoxy) is 1. The molecule has 2 aliphatic rings. The lowest BCUT2D eigenvalue weighted by atomic mass is 10.0. The third kappa shape index (κ3) is 1.80. The van der Waals surface area contributed by atoms with Crippen LogP contribution in [-0.4, -0.2) is 5.78 Å². The van der Waals surface area contributed by atoms with Gasteiger partial charge in [-0.2, -0.15) is 0 Å². The van der Waals surface area contributed by atoms with Gasteiger partial charge >= 0.3 is 0 Å². The van der Waals surface area contributed by atoms with Gasteiger partial charge in [0.25, 0.3) is 0 Å². The number of carbonyl (C=O) groups excluding carboxylic acids is 1. The Morgan fingerprint density at radius 2 is 1.89 bits per heavy atom. The van der Waals surface area contributed by atoms with Crippen LogP contribution in [0.5, 0.6) is 0 Å². The van der Waals surface area contributed by atoms with Crippen LogP contribution >= 0.6 is 0 Å². The van der Waals surface area contributed by atoms with Gasteiger partial charge in [0.15, 0.2) is 5.78 Å². The van der Waals surface area contributed by atoms with Crippen LogP contribution in [0.2, 0.25) is 0 Å². The van der Waals surface area contributed by atoms with Crippen molar-refractivity contribution in [3.05, 3.63) is 71.5 Å². The van der Waals surface area contributed by atoms with Gasteiger partial charge in [-0.3, -0.25) is 4.79 Å². The minimum Gasteiger partial charge on any atom is -0.485 e. The zero-order valence-corrected chi connectivity index (χ0v) is 10.1. The molecule has 90 valence electrons. The Labute approximate surface area is 106 Å². The Morgan fingerprint density at radius 1 is 1.11 bits per heavy atom. The van der Waals surface area contributed by atoms with E-state index in [1.165, 1.54) is 0 Å². The van der Waals surface area contributed by atoms with Crippen molar-refractivity contribution < 1.29 is 9.53 Å². The first-order chi connectivity index (χ1) is 8.75. The Bertz CT molecular complexity index is 564. The molecule has 0 aromatic heterocycles. The second-order valence-corrected chi connectivity index (χ2v) is 4.58. The van der Waals surface area contributed by atoms with Gasteiger partial charge in [0.1, 0.15) is 11.9 Å². The number of hydrogen-bond donors (Lipinski definition) is 0. The second kappa shape index (κ2) is 4.30. The number of carbonyl (C=O) groups is 1. The molecular formula is C16H14O2. The molecule has 0 saturated carbocycles. The number of Topliss-reactive ketones (excluding diaryl/α,β-unsaturated/α-hetero) is 1. The first-order valence-electron chi connectivity index (χ1n) is 6.10. The molecule has 1 aromatic rings. The fraction of sp³-hybridized carbons (Fsp3) is 0.188. The van der Waals surface area contributed by atoms with Crippen LogP contribution in [-0.2, 0) is 9.53 Å². The maximum Gasteiger partial charge on any atom is 0.166 e. The van der Waals surface area contributed by atoms with E-state index >= 15 is 0 Å². The molecule has 18 heavy (non-hydrogen) atoms. The van der Waals surface area contributed by atoms with E-state index in [0.29, 0.717) is 12.8 Å². The van der Waals surface area contributed by atoms with Crippen LogP contribution in [0.1, 0.15) is 24.5 Å². The van der Waals surface area contributed by atoms with Gasteiger partial charge in [0, 0.05) is 12.8 Å². The maximum atomic E-state index is 11.7. The molecule has 0 N–H and O–H groups in total. The summed E-state index contributed by atoms with van der Waals surface area (Å²) in [5, 5.41) is 0. The molecule has 0 radical (unpaired) electrons. The van der Waals surface area contributed by atoms with Crippen molar-refractivity contribution in [2.75, 3.05) is 0 Å². The highest BCUT2D eigenvalue weighted by molar-refractivity contribution is 6.01. The number of ketones is 1. The lowest BCUT2D eigenvalue weighted by molar-refractivity contribution is -0.114. The van der Waals surface area contributed by atoms with Crippen LogP contribution in [0.3, 0.4) is 0 Å². The quantitative estimate of drug-likeness (QED) is 0.748. The fourth-order valence-electron chi connectivity index (χ4n) is 2.37. The lowest BCUT2D eigenvalue weighted by Crippen LogP contribution is -2.04. The smallest absolute Gasteiger partial charge is 0.166 e. The van der Waals surface area contributed by atoms with E-state index in [9.17, 15) is 4.79 Å². The molecule has 0 amide bonds. The number of rotatable bonds is 1. The Kier molecular flexibility index (Phi) is 2.63. The summed E-state index contributed by atoms with van der Waals surface area (Å²) in [6, 6.07) is 9.98. The predicted octanol–water partition coefficient (Wildman–Crippen LogP) is 3.49. The van der Waals surface area contributed by atoms with Crippen molar-refractivity contribution in [3.8, 4) is 0 Å². The molecular weight excluding hydrogens is 224 g/mol. The highest BCUT2D eigenvalue weighted by Gasteiger charge is 2.28. The van der Waals surface area contributed by atoms with Gasteiger partial charge in [-0.25, -0.2) is 0 Å². The van der Waals surface area contributed by atoms with Crippen LogP contribution in [0, 0.1) is 0 Å². The fourth-order valence-corrected chi connectivity index (χ4v) is 2.37. The van der Waals surface area contributed by atoms with E-state index in [0.717, 1.165) is 22.5 Å². The minimum absolute atomic E-state index is 0.169. The third-order valence-electron chi connectivity index (χ3n) is 3.34. The Balaban J connectivity index is 1.99. The molecule has 1 aliphatic heterocycles.